The fourth-order valence-electron chi connectivity index (χ4n) is 3.74. The summed E-state index contributed by atoms with van der Waals surface area (Å²) in [6.45, 7) is 1.69. The second-order valence-corrected chi connectivity index (χ2v) is 7.31. The largest absolute Gasteiger partial charge is 0.493 e. The molecule has 0 radical (unpaired) electrons. The minimum absolute atomic E-state index is 0.0967. The third-order valence-electron chi connectivity index (χ3n) is 5.45. The molecule has 1 aliphatic heterocycles. The molecule has 1 fully saturated rings. The molecule has 0 bridgehead atoms. The molecule has 1 amide bonds. The Morgan fingerprint density at radius 3 is 2.47 bits per heavy atom. The van der Waals surface area contributed by atoms with Crippen LogP contribution in [0.25, 0.3) is 11.3 Å². The molecule has 0 unspecified atom stereocenters. The number of anilines is 1. The van der Waals surface area contributed by atoms with Crippen molar-refractivity contribution in [3.8, 4) is 22.8 Å². The molecular weight excluding hydrogens is 380 g/mol. The van der Waals surface area contributed by atoms with Crippen molar-refractivity contribution in [2.75, 3.05) is 32.2 Å². The summed E-state index contributed by atoms with van der Waals surface area (Å²) in [6, 6.07) is 17.6. The summed E-state index contributed by atoms with van der Waals surface area (Å²) in [5.74, 6) is 2.00. The van der Waals surface area contributed by atoms with Crippen molar-refractivity contribution in [3.05, 3.63) is 60.2 Å². The lowest BCUT2D eigenvalue weighted by atomic mass is 10.0. The van der Waals surface area contributed by atoms with Gasteiger partial charge in [-0.25, -0.2) is 0 Å². The van der Waals surface area contributed by atoms with Gasteiger partial charge in [0.05, 0.1) is 19.9 Å². The number of piperidine rings is 1. The number of nitrogens with one attached hydrogen (secondary N) is 2. The highest BCUT2D eigenvalue weighted by Crippen LogP contribution is 2.28. The van der Waals surface area contributed by atoms with Gasteiger partial charge in [0.1, 0.15) is 0 Å². The monoisotopic (exact) mass is 406 g/mol. The molecule has 7 nitrogen and oxygen atoms in total. The topological polar surface area (TPSA) is 79.5 Å². The fourth-order valence-corrected chi connectivity index (χ4v) is 3.74. The number of hydrogen-bond acceptors (Lipinski definition) is 5. The second kappa shape index (κ2) is 8.90. The number of hydrogen-bond donors (Lipinski definition) is 2. The molecule has 2 heterocycles. The number of rotatable bonds is 6. The third-order valence-corrected chi connectivity index (χ3v) is 5.45. The molecule has 2 aromatic carbocycles. The molecule has 1 saturated heterocycles. The van der Waals surface area contributed by atoms with Crippen LogP contribution in [-0.2, 0) is 0 Å². The van der Waals surface area contributed by atoms with E-state index in [9.17, 15) is 4.79 Å². The van der Waals surface area contributed by atoms with Crippen LogP contribution in [0.15, 0.2) is 54.6 Å². The first-order valence-electron chi connectivity index (χ1n) is 10.1. The van der Waals surface area contributed by atoms with Gasteiger partial charge in [0.25, 0.3) is 5.91 Å². The molecule has 30 heavy (non-hydrogen) atoms. The number of benzene rings is 2. The van der Waals surface area contributed by atoms with E-state index in [0.29, 0.717) is 17.1 Å². The lowest BCUT2D eigenvalue weighted by Gasteiger charge is -2.32. The summed E-state index contributed by atoms with van der Waals surface area (Å²) < 4.78 is 10.5. The van der Waals surface area contributed by atoms with Crippen LogP contribution in [0.5, 0.6) is 11.5 Å². The predicted octanol–water partition coefficient (Wildman–Crippen LogP) is 3.49. The average molecular weight is 406 g/mol. The van der Waals surface area contributed by atoms with E-state index >= 15 is 0 Å². The van der Waals surface area contributed by atoms with Gasteiger partial charge in [-0.3, -0.25) is 9.89 Å². The Balaban J connectivity index is 1.34. The Bertz CT molecular complexity index is 995. The zero-order chi connectivity index (χ0) is 20.9. The highest BCUT2D eigenvalue weighted by molar-refractivity contribution is 5.95. The second-order valence-electron chi connectivity index (χ2n) is 7.31. The molecule has 0 saturated carbocycles. The zero-order valence-corrected chi connectivity index (χ0v) is 17.2. The number of nitrogens with zero attached hydrogens (tertiary/aromatic N) is 2. The van der Waals surface area contributed by atoms with Crippen molar-refractivity contribution in [3.63, 3.8) is 0 Å². The van der Waals surface area contributed by atoms with E-state index in [1.54, 1.807) is 32.4 Å². The van der Waals surface area contributed by atoms with E-state index in [4.69, 9.17) is 9.47 Å². The Labute approximate surface area is 176 Å². The highest BCUT2D eigenvalue weighted by atomic mass is 16.5. The lowest BCUT2D eigenvalue weighted by Crippen LogP contribution is -2.44. The van der Waals surface area contributed by atoms with Gasteiger partial charge in [-0.1, -0.05) is 30.3 Å². The first-order valence-corrected chi connectivity index (χ1v) is 10.1. The Hall–Kier alpha value is -3.48. The van der Waals surface area contributed by atoms with Crippen LogP contribution in [-0.4, -0.2) is 49.5 Å². The van der Waals surface area contributed by atoms with Gasteiger partial charge in [-0.05, 0) is 36.6 Å². The van der Waals surface area contributed by atoms with Crippen molar-refractivity contribution in [1.29, 1.82) is 0 Å². The van der Waals surface area contributed by atoms with Crippen LogP contribution in [0.3, 0.4) is 0 Å². The molecule has 156 valence electrons. The Morgan fingerprint density at radius 2 is 1.77 bits per heavy atom. The van der Waals surface area contributed by atoms with Gasteiger partial charge >= 0.3 is 0 Å². The Kier molecular flexibility index (Phi) is 5.88. The maximum absolute atomic E-state index is 12.7. The number of carbonyl (C=O) groups is 1. The van der Waals surface area contributed by atoms with E-state index in [0.717, 1.165) is 43.0 Å². The molecule has 2 N–H and O–H groups in total. The van der Waals surface area contributed by atoms with Gasteiger partial charge in [0, 0.05) is 30.8 Å². The van der Waals surface area contributed by atoms with Crippen molar-refractivity contribution in [2.24, 2.45) is 0 Å². The lowest BCUT2D eigenvalue weighted by molar-refractivity contribution is 0.0930. The van der Waals surface area contributed by atoms with E-state index in [1.165, 1.54) is 0 Å². The predicted molar refractivity (Wildman–Crippen MR) is 116 cm³/mol. The number of aromatic amines is 1. The molecular formula is C23H26N4O3. The van der Waals surface area contributed by atoms with Crippen LogP contribution < -0.4 is 19.7 Å². The number of carbonyl (C=O) groups excluding carboxylic acids is 1. The molecule has 0 aliphatic carbocycles. The number of ether oxygens (including phenoxy) is 2. The zero-order valence-electron chi connectivity index (χ0n) is 17.2. The highest BCUT2D eigenvalue weighted by Gasteiger charge is 2.23. The van der Waals surface area contributed by atoms with E-state index in [1.807, 2.05) is 18.2 Å². The van der Waals surface area contributed by atoms with Crippen molar-refractivity contribution in [2.45, 2.75) is 18.9 Å². The average Bonchev–Trinajstić information content (AvgIpc) is 3.30. The van der Waals surface area contributed by atoms with Crippen LogP contribution in [0, 0.1) is 0 Å². The SMILES string of the molecule is COc1ccc(C(=O)NC2CCN(c3cc(-c4ccccc4)[nH]n3)CC2)cc1OC. The van der Waals surface area contributed by atoms with Crippen molar-refractivity contribution < 1.29 is 14.3 Å². The third kappa shape index (κ3) is 4.25. The number of H-pyrrole nitrogens is 1. The molecule has 1 aliphatic rings. The van der Waals surface area contributed by atoms with Crippen LogP contribution in [0.4, 0.5) is 5.82 Å². The summed E-state index contributed by atoms with van der Waals surface area (Å²) in [5.41, 5.74) is 2.69. The van der Waals surface area contributed by atoms with Gasteiger partial charge in [-0.15, -0.1) is 0 Å². The summed E-state index contributed by atoms with van der Waals surface area (Å²) in [4.78, 5) is 14.9. The first-order chi connectivity index (χ1) is 14.7. The van der Waals surface area contributed by atoms with Gasteiger partial charge in [0.15, 0.2) is 17.3 Å². The molecule has 0 spiro atoms. The summed E-state index contributed by atoms with van der Waals surface area (Å²) in [7, 11) is 3.14. The molecule has 1 aromatic heterocycles. The maximum atomic E-state index is 12.7. The van der Waals surface area contributed by atoms with Crippen LogP contribution >= 0.6 is 0 Å². The summed E-state index contributed by atoms with van der Waals surface area (Å²) in [6.07, 6.45) is 1.74. The normalized spacial score (nSPS) is 14.4. The molecule has 3 aromatic rings. The van der Waals surface area contributed by atoms with Crippen LogP contribution in [0.1, 0.15) is 23.2 Å². The Morgan fingerprint density at radius 1 is 1.03 bits per heavy atom. The van der Waals surface area contributed by atoms with Crippen molar-refractivity contribution in [1.82, 2.24) is 15.5 Å². The van der Waals surface area contributed by atoms with Gasteiger partial charge in [0.2, 0.25) is 0 Å². The smallest absolute Gasteiger partial charge is 0.251 e. The standard InChI is InChI=1S/C23H26N4O3/c1-29-20-9-8-17(14-21(20)30-2)23(28)24-18-10-12-27(13-11-18)22-15-19(25-26-22)16-6-4-3-5-7-16/h3-9,14-15,18H,10-13H2,1-2H3,(H,24,28)(H,25,26). The summed E-state index contributed by atoms with van der Waals surface area (Å²) in [5, 5.41) is 10.7. The first kappa shape index (κ1) is 19.8. The fraction of sp³-hybridized carbons (Fsp3) is 0.304. The minimum Gasteiger partial charge on any atom is -0.493 e. The number of amides is 1. The van der Waals surface area contributed by atoms with E-state index in [-0.39, 0.29) is 11.9 Å². The quantitative estimate of drug-likeness (QED) is 0.655. The van der Waals surface area contributed by atoms with E-state index < -0.39 is 0 Å². The van der Waals surface area contributed by atoms with Gasteiger partial charge in [-0.2, -0.15) is 5.10 Å². The van der Waals surface area contributed by atoms with E-state index in [2.05, 4.69) is 38.6 Å². The molecule has 0 atom stereocenters. The maximum Gasteiger partial charge on any atom is 0.251 e. The molecule has 7 heteroatoms. The number of methoxy groups -OCH3 is 2. The van der Waals surface area contributed by atoms with Gasteiger partial charge < -0.3 is 19.7 Å². The van der Waals surface area contributed by atoms with Crippen LogP contribution in [0.2, 0.25) is 0 Å². The molecule has 4 rings (SSSR count). The van der Waals surface area contributed by atoms with Crippen molar-refractivity contribution >= 4 is 11.7 Å². The summed E-state index contributed by atoms with van der Waals surface area (Å²) >= 11 is 0. The minimum atomic E-state index is -0.0967. The number of aromatic nitrogens is 2.